The van der Waals surface area contributed by atoms with E-state index in [1.807, 2.05) is 0 Å². The topological polar surface area (TPSA) is 95.1 Å². The number of carbonyl (C=O) groups excluding carboxylic acids is 1. The molecule has 174 valence electrons. The number of hydrogen-bond acceptors (Lipinski definition) is 5. The number of benzene rings is 2. The third kappa shape index (κ3) is 5.64. The SMILES string of the molecule is CS(=O)(=O)N(CCCC(=O)N1CCN(S(=O)(=O)c2ccccc2)CC1)c1ccccc1F. The normalized spacial score (nSPS) is 15.5. The molecule has 2 aromatic rings. The third-order valence-corrected chi connectivity index (χ3v) is 8.34. The molecular formula is C21H26FN3O5S2. The molecule has 11 heteroatoms. The summed E-state index contributed by atoms with van der Waals surface area (Å²) in [5.41, 5.74) is -0.0535. The molecule has 0 atom stereocenters. The van der Waals surface area contributed by atoms with Crippen molar-refractivity contribution in [2.75, 3.05) is 43.3 Å². The van der Waals surface area contributed by atoms with Crippen LogP contribution < -0.4 is 4.31 Å². The van der Waals surface area contributed by atoms with Gasteiger partial charge in [0.25, 0.3) is 0 Å². The number of para-hydroxylation sites is 1. The number of rotatable bonds is 8. The molecule has 0 bridgehead atoms. The van der Waals surface area contributed by atoms with Gasteiger partial charge >= 0.3 is 0 Å². The summed E-state index contributed by atoms with van der Waals surface area (Å²) >= 11 is 0. The summed E-state index contributed by atoms with van der Waals surface area (Å²) < 4.78 is 66.0. The van der Waals surface area contributed by atoms with Gasteiger partial charge in [0.2, 0.25) is 26.0 Å². The summed E-state index contributed by atoms with van der Waals surface area (Å²) in [6.45, 7) is 0.858. The van der Waals surface area contributed by atoms with E-state index >= 15 is 0 Å². The molecule has 0 unspecified atom stereocenters. The molecule has 32 heavy (non-hydrogen) atoms. The maximum Gasteiger partial charge on any atom is 0.243 e. The highest BCUT2D eigenvalue weighted by molar-refractivity contribution is 7.92. The van der Waals surface area contributed by atoms with Crippen molar-refractivity contribution in [3.05, 3.63) is 60.4 Å². The zero-order chi connectivity index (χ0) is 23.4. The lowest BCUT2D eigenvalue weighted by Gasteiger charge is -2.34. The quantitative estimate of drug-likeness (QED) is 0.572. The number of hydrogen-bond donors (Lipinski definition) is 0. The summed E-state index contributed by atoms with van der Waals surface area (Å²) in [5, 5.41) is 0. The van der Waals surface area contributed by atoms with Crippen LogP contribution in [-0.4, -0.2) is 70.9 Å². The maximum atomic E-state index is 14.1. The summed E-state index contributed by atoms with van der Waals surface area (Å²) in [7, 11) is -7.32. The van der Waals surface area contributed by atoms with E-state index in [4.69, 9.17) is 0 Å². The van der Waals surface area contributed by atoms with Crippen molar-refractivity contribution in [3.63, 3.8) is 0 Å². The van der Waals surface area contributed by atoms with Crippen LogP contribution in [-0.2, 0) is 24.8 Å². The van der Waals surface area contributed by atoms with Gasteiger partial charge in [0.05, 0.1) is 16.8 Å². The van der Waals surface area contributed by atoms with Gasteiger partial charge < -0.3 is 4.90 Å². The number of piperazine rings is 1. The Bertz CT molecular complexity index is 1150. The average Bonchev–Trinajstić information content (AvgIpc) is 2.77. The fourth-order valence-corrected chi connectivity index (χ4v) is 5.98. The Morgan fingerprint density at radius 2 is 1.53 bits per heavy atom. The van der Waals surface area contributed by atoms with Crippen molar-refractivity contribution in [1.29, 1.82) is 0 Å². The van der Waals surface area contributed by atoms with E-state index < -0.39 is 25.9 Å². The van der Waals surface area contributed by atoms with Crippen molar-refractivity contribution in [1.82, 2.24) is 9.21 Å². The lowest BCUT2D eigenvalue weighted by Crippen LogP contribution is -2.50. The van der Waals surface area contributed by atoms with Crippen molar-refractivity contribution in [2.45, 2.75) is 17.7 Å². The second-order valence-electron chi connectivity index (χ2n) is 7.49. The van der Waals surface area contributed by atoms with Gasteiger partial charge in [0, 0.05) is 39.1 Å². The summed E-state index contributed by atoms with van der Waals surface area (Å²) in [4.78, 5) is 14.4. The number of nitrogens with zero attached hydrogens (tertiary/aromatic N) is 3. The minimum absolute atomic E-state index is 0.0339. The van der Waals surface area contributed by atoms with E-state index in [1.54, 1.807) is 29.2 Å². The first-order valence-electron chi connectivity index (χ1n) is 10.2. The molecule has 1 fully saturated rings. The highest BCUT2D eigenvalue weighted by atomic mass is 32.2. The summed E-state index contributed by atoms with van der Waals surface area (Å²) in [6, 6.07) is 13.7. The molecule has 8 nitrogen and oxygen atoms in total. The molecule has 2 aromatic carbocycles. The van der Waals surface area contributed by atoms with E-state index in [2.05, 4.69) is 0 Å². The highest BCUT2D eigenvalue weighted by Gasteiger charge is 2.30. The molecule has 0 aliphatic carbocycles. The standard InChI is InChI=1S/C21H26FN3O5S2/c1-31(27,28)25(20-11-6-5-10-19(20)22)13-7-12-21(26)23-14-16-24(17-15-23)32(29,30)18-8-3-2-4-9-18/h2-6,8-11H,7,12-17H2,1H3. The molecule has 0 radical (unpaired) electrons. The first-order valence-corrected chi connectivity index (χ1v) is 13.4. The maximum absolute atomic E-state index is 14.1. The molecule has 0 spiro atoms. The molecule has 0 aromatic heterocycles. The first kappa shape index (κ1) is 24.1. The molecule has 1 saturated heterocycles. The Morgan fingerprint density at radius 3 is 2.12 bits per heavy atom. The lowest BCUT2D eigenvalue weighted by atomic mass is 10.2. The number of amides is 1. The van der Waals surface area contributed by atoms with Crippen LogP contribution >= 0.6 is 0 Å². The molecule has 0 N–H and O–H groups in total. The fraction of sp³-hybridized carbons (Fsp3) is 0.381. The van der Waals surface area contributed by atoms with Crippen molar-refractivity contribution >= 4 is 31.6 Å². The zero-order valence-corrected chi connectivity index (χ0v) is 19.4. The second-order valence-corrected chi connectivity index (χ2v) is 11.3. The largest absolute Gasteiger partial charge is 0.340 e. The van der Waals surface area contributed by atoms with Crippen molar-refractivity contribution in [2.24, 2.45) is 0 Å². The smallest absolute Gasteiger partial charge is 0.243 e. The Hall–Kier alpha value is -2.50. The Labute approximate surface area is 188 Å². The minimum Gasteiger partial charge on any atom is -0.340 e. The third-order valence-electron chi connectivity index (χ3n) is 5.25. The molecule has 1 amide bonds. The van der Waals surface area contributed by atoms with Crippen LogP contribution in [0.3, 0.4) is 0 Å². The minimum atomic E-state index is -3.72. The van der Waals surface area contributed by atoms with Gasteiger partial charge in [0.15, 0.2) is 0 Å². The van der Waals surface area contributed by atoms with Crippen molar-refractivity contribution in [3.8, 4) is 0 Å². The number of halogens is 1. The predicted molar refractivity (Wildman–Crippen MR) is 120 cm³/mol. The molecule has 1 aliphatic rings. The van der Waals surface area contributed by atoms with Crippen LogP contribution in [0.1, 0.15) is 12.8 Å². The van der Waals surface area contributed by atoms with Gasteiger partial charge in [-0.25, -0.2) is 21.2 Å². The zero-order valence-electron chi connectivity index (χ0n) is 17.7. The molecular weight excluding hydrogens is 457 g/mol. The van der Waals surface area contributed by atoms with E-state index in [9.17, 15) is 26.0 Å². The Morgan fingerprint density at radius 1 is 0.938 bits per heavy atom. The van der Waals surface area contributed by atoms with Crippen LogP contribution in [0.2, 0.25) is 0 Å². The molecule has 1 heterocycles. The monoisotopic (exact) mass is 483 g/mol. The van der Waals surface area contributed by atoms with Gasteiger partial charge in [0.1, 0.15) is 5.82 Å². The average molecular weight is 484 g/mol. The fourth-order valence-electron chi connectivity index (χ4n) is 3.57. The van der Waals surface area contributed by atoms with Gasteiger partial charge in [-0.15, -0.1) is 0 Å². The summed E-state index contributed by atoms with van der Waals surface area (Å²) in [5.74, 6) is -0.844. The molecule has 3 rings (SSSR count). The molecule has 0 saturated carbocycles. The Kier molecular flexibility index (Phi) is 7.52. The van der Waals surface area contributed by atoms with Crippen LogP contribution in [0.25, 0.3) is 0 Å². The van der Waals surface area contributed by atoms with Gasteiger partial charge in [-0.2, -0.15) is 4.31 Å². The molecule has 1 aliphatic heterocycles. The predicted octanol–water partition coefficient (Wildman–Crippen LogP) is 1.91. The van der Waals surface area contributed by atoms with E-state index in [0.717, 1.165) is 10.6 Å². The van der Waals surface area contributed by atoms with Crippen LogP contribution in [0.4, 0.5) is 10.1 Å². The number of carbonyl (C=O) groups is 1. The van der Waals surface area contributed by atoms with Crippen LogP contribution in [0.15, 0.2) is 59.5 Å². The number of anilines is 1. The van der Waals surface area contributed by atoms with E-state index in [1.165, 1.54) is 34.6 Å². The lowest BCUT2D eigenvalue weighted by molar-refractivity contribution is -0.132. The van der Waals surface area contributed by atoms with E-state index in [0.29, 0.717) is 0 Å². The highest BCUT2D eigenvalue weighted by Crippen LogP contribution is 2.22. The first-order chi connectivity index (χ1) is 15.1. The van der Waals surface area contributed by atoms with Crippen molar-refractivity contribution < 1.29 is 26.0 Å². The Balaban J connectivity index is 1.54. The van der Waals surface area contributed by atoms with Crippen LogP contribution in [0, 0.1) is 5.82 Å². The second kappa shape index (κ2) is 9.97. The summed E-state index contributed by atoms with van der Waals surface area (Å²) in [6.07, 6.45) is 1.28. The van der Waals surface area contributed by atoms with Gasteiger partial charge in [-0.1, -0.05) is 30.3 Å². The van der Waals surface area contributed by atoms with Gasteiger partial charge in [-0.05, 0) is 30.7 Å². The number of sulfonamides is 2. The van der Waals surface area contributed by atoms with Crippen LogP contribution in [0.5, 0.6) is 0 Å². The van der Waals surface area contributed by atoms with Gasteiger partial charge in [-0.3, -0.25) is 9.10 Å². The van der Waals surface area contributed by atoms with E-state index in [-0.39, 0.29) is 62.1 Å².